The first kappa shape index (κ1) is 20.7. The van der Waals surface area contributed by atoms with Gasteiger partial charge in [0.1, 0.15) is 0 Å². The minimum atomic E-state index is -4.43. The Morgan fingerprint density at radius 1 is 1.29 bits per heavy atom. The predicted molar refractivity (Wildman–Crippen MR) is 101 cm³/mol. The number of hydrogen-bond acceptors (Lipinski definition) is 3. The highest BCUT2D eigenvalue weighted by molar-refractivity contribution is 5.95. The molecule has 28 heavy (non-hydrogen) atoms. The highest BCUT2D eigenvalue weighted by atomic mass is 35.5. The average Bonchev–Trinajstić information content (AvgIpc) is 3.56. The van der Waals surface area contributed by atoms with Crippen LogP contribution in [0.1, 0.15) is 53.2 Å². The fourth-order valence-electron chi connectivity index (χ4n) is 3.30. The highest BCUT2D eigenvalue weighted by Crippen LogP contribution is 2.43. The molecule has 4 rings (SSSR count). The van der Waals surface area contributed by atoms with Gasteiger partial charge in [-0.1, -0.05) is 6.07 Å². The summed E-state index contributed by atoms with van der Waals surface area (Å²) in [5.41, 5.74) is 6.68. The number of amides is 1. The molecular weight excluding hydrogens is 393 g/mol. The zero-order chi connectivity index (χ0) is 19.2. The van der Waals surface area contributed by atoms with E-state index in [9.17, 15) is 18.0 Å². The Kier molecular flexibility index (Phi) is 5.72. The molecule has 1 amide bonds. The summed E-state index contributed by atoms with van der Waals surface area (Å²) in [7, 11) is 0. The topological polar surface area (TPSA) is 72.9 Å². The van der Waals surface area contributed by atoms with Gasteiger partial charge in [0.25, 0.3) is 5.91 Å². The molecule has 5 nitrogen and oxygen atoms in total. The molecule has 0 bridgehead atoms. The minimum absolute atomic E-state index is 0. The van der Waals surface area contributed by atoms with E-state index in [2.05, 4.69) is 10.4 Å². The Labute approximate surface area is 166 Å². The van der Waals surface area contributed by atoms with E-state index in [-0.39, 0.29) is 30.3 Å². The van der Waals surface area contributed by atoms with Crippen molar-refractivity contribution in [1.82, 2.24) is 15.1 Å². The Morgan fingerprint density at radius 3 is 2.61 bits per heavy atom. The highest BCUT2D eigenvalue weighted by Gasteiger charge is 2.35. The van der Waals surface area contributed by atoms with Crippen LogP contribution < -0.4 is 11.1 Å². The number of nitrogens with two attached hydrogens (primary N) is 1. The molecule has 2 aliphatic rings. The quantitative estimate of drug-likeness (QED) is 0.757. The van der Waals surface area contributed by atoms with Crippen molar-refractivity contribution >= 4 is 18.3 Å². The van der Waals surface area contributed by atoms with Crippen LogP contribution in [0.15, 0.2) is 30.5 Å². The van der Waals surface area contributed by atoms with Gasteiger partial charge in [0.05, 0.1) is 28.7 Å². The Morgan fingerprint density at radius 2 is 2.00 bits per heavy atom. The number of carbonyl (C=O) groups excluding carboxylic acids is 1. The molecule has 1 aromatic heterocycles. The van der Waals surface area contributed by atoms with Crippen molar-refractivity contribution in [2.45, 2.75) is 43.8 Å². The molecule has 2 fully saturated rings. The zero-order valence-electron chi connectivity index (χ0n) is 15.1. The summed E-state index contributed by atoms with van der Waals surface area (Å²) in [6.07, 6.45) is 0.989. The van der Waals surface area contributed by atoms with E-state index in [1.807, 2.05) is 0 Å². The van der Waals surface area contributed by atoms with Crippen LogP contribution in [0.25, 0.3) is 5.69 Å². The van der Waals surface area contributed by atoms with Gasteiger partial charge in [0.15, 0.2) is 0 Å². The van der Waals surface area contributed by atoms with E-state index >= 15 is 0 Å². The van der Waals surface area contributed by atoms with Gasteiger partial charge in [0, 0.05) is 18.5 Å². The normalized spacial score (nSPS) is 17.7. The largest absolute Gasteiger partial charge is 0.416 e. The average molecular weight is 415 g/mol. The van der Waals surface area contributed by atoms with E-state index < -0.39 is 11.7 Å². The summed E-state index contributed by atoms with van der Waals surface area (Å²) >= 11 is 0. The lowest BCUT2D eigenvalue weighted by Crippen LogP contribution is -2.38. The van der Waals surface area contributed by atoms with Crippen LogP contribution in [0, 0.1) is 5.92 Å². The van der Waals surface area contributed by atoms with Gasteiger partial charge in [-0.05, 0) is 49.8 Å². The third-order valence-electron chi connectivity index (χ3n) is 5.16. The molecule has 2 aliphatic carbocycles. The monoisotopic (exact) mass is 414 g/mol. The van der Waals surface area contributed by atoms with Crippen LogP contribution in [0.2, 0.25) is 0 Å². The first-order valence-corrected chi connectivity index (χ1v) is 9.14. The van der Waals surface area contributed by atoms with Crippen molar-refractivity contribution < 1.29 is 18.0 Å². The summed E-state index contributed by atoms with van der Waals surface area (Å²) < 4.78 is 40.5. The standard InChI is InChI=1S/C19H21F3N4O.ClH/c20-19(21,22)13-2-1-3-14(8-13)26-17(12-6-7-12)15(9-25-26)18(27)24-10-16(23)11-4-5-11;/h1-3,8-9,11-12,16H,4-7,10,23H2,(H,24,27);1H. The molecule has 3 N–H and O–H groups in total. The Balaban J connectivity index is 0.00000225. The van der Waals surface area contributed by atoms with Crippen LogP contribution in [0.5, 0.6) is 0 Å². The summed E-state index contributed by atoms with van der Waals surface area (Å²) in [5, 5.41) is 7.07. The zero-order valence-corrected chi connectivity index (χ0v) is 15.9. The lowest BCUT2D eigenvalue weighted by atomic mass is 10.1. The van der Waals surface area contributed by atoms with Crippen LogP contribution in [-0.4, -0.2) is 28.3 Å². The lowest BCUT2D eigenvalue weighted by molar-refractivity contribution is -0.137. The molecule has 1 aromatic carbocycles. The summed E-state index contributed by atoms with van der Waals surface area (Å²) in [5.74, 6) is 0.340. The molecule has 1 atom stereocenters. The second kappa shape index (κ2) is 7.75. The third-order valence-corrected chi connectivity index (χ3v) is 5.16. The first-order valence-electron chi connectivity index (χ1n) is 9.14. The van der Waals surface area contributed by atoms with Crippen molar-refractivity contribution in [1.29, 1.82) is 0 Å². The summed E-state index contributed by atoms with van der Waals surface area (Å²) in [6.45, 7) is 0.391. The number of rotatable bonds is 6. The molecule has 2 saturated carbocycles. The molecule has 2 aromatic rings. The molecular formula is C19H22ClF3N4O. The van der Waals surface area contributed by atoms with E-state index in [0.717, 1.165) is 37.8 Å². The van der Waals surface area contributed by atoms with Crippen molar-refractivity contribution in [2.24, 2.45) is 11.7 Å². The molecule has 1 heterocycles. The van der Waals surface area contributed by atoms with Gasteiger partial charge in [-0.25, -0.2) is 4.68 Å². The number of halogens is 4. The van der Waals surface area contributed by atoms with Crippen molar-refractivity contribution in [3.05, 3.63) is 47.3 Å². The molecule has 0 saturated heterocycles. The summed E-state index contributed by atoms with van der Waals surface area (Å²) in [6, 6.07) is 4.95. The SMILES string of the molecule is Cl.NC(CNC(=O)c1cnn(-c2cccc(C(F)(F)F)c2)c1C1CC1)C1CC1. The van der Waals surface area contributed by atoms with E-state index in [0.29, 0.717) is 29.4 Å². The van der Waals surface area contributed by atoms with Gasteiger partial charge < -0.3 is 11.1 Å². The van der Waals surface area contributed by atoms with Crippen molar-refractivity contribution in [3.63, 3.8) is 0 Å². The number of alkyl halides is 3. The maximum Gasteiger partial charge on any atom is 0.416 e. The number of carbonyl (C=O) groups is 1. The fraction of sp³-hybridized carbons (Fsp3) is 0.474. The predicted octanol–water partition coefficient (Wildman–Crippen LogP) is 3.66. The van der Waals surface area contributed by atoms with Gasteiger partial charge in [-0.3, -0.25) is 4.79 Å². The number of nitrogens with one attached hydrogen (secondary N) is 1. The first-order chi connectivity index (χ1) is 12.8. The molecule has 0 spiro atoms. The van der Waals surface area contributed by atoms with Crippen LogP contribution >= 0.6 is 12.4 Å². The number of hydrogen-bond donors (Lipinski definition) is 2. The Bertz CT molecular complexity index is 859. The van der Waals surface area contributed by atoms with Crippen LogP contribution in [-0.2, 0) is 6.18 Å². The number of aromatic nitrogens is 2. The maximum atomic E-state index is 13.0. The van der Waals surface area contributed by atoms with Crippen molar-refractivity contribution in [2.75, 3.05) is 6.54 Å². The van der Waals surface area contributed by atoms with Crippen LogP contribution in [0.4, 0.5) is 13.2 Å². The molecule has 0 radical (unpaired) electrons. The van der Waals surface area contributed by atoms with Gasteiger partial charge in [-0.2, -0.15) is 18.3 Å². The van der Waals surface area contributed by atoms with E-state index in [1.54, 1.807) is 6.07 Å². The lowest BCUT2D eigenvalue weighted by Gasteiger charge is -2.13. The second-order valence-corrected chi connectivity index (χ2v) is 7.39. The third kappa shape index (κ3) is 4.33. The second-order valence-electron chi connectivity index (χ2n) is 7.39. The smallest absolute Gasteiger partial charge is 0.350 e. The molecule has 1 unspecified atom stereocenters. The van der Waals surface area contributed by atoms with Gasteiger partial charge in [0.2, 0.25) is 0 Å². The van der Waals surface area contributed by atoms with Gasteiger partial charge >= 0.3 is 6.18 Å². The maximum absolute atomic E-state index is 13.0. The van der Waals surface area contributed by atoms with Crippen LogP contribution in [0.3, 0.4) is 0 Å². The summed E-state index contributed by atoms with van der Waals surface area (Å²) in [4.78, 5) is 12.6. The van der Waals surface area contributed by atoms with E-state index in [4.69, 9.17) is 5.73 Å². The molecule has 0 aliphatic heterocycles. The number of nitrogens with zero attached hydrogens (tertiary/aromatic N) is 2. The molecule has 9 heteroatoms. The van der Waals surface area contributed by atoms with E-state index in [1.165, 1.54) is 16.9 Å². The number of benzene rings is 1. The molecule has 152 valence electrons. The Hall–Kier alpha value is -2.06. The van der Waals surface area contributed by atoms with Crippen molar-refractivity contribution in [3.8, 4) is 5.69 Å². The fourth-order valence-corrected chi connectivity index (χ4v) is 3.30. The van der Waals surface area contributed by atoms with Gasteiger partial charge in [-0.15, -0.1) is 12.4 Å². The minimum Gasteiger partial charge on any atom is -0.350 e.